The van der Waals surface area contributed by atoms with E-state index in [0.29, 0.717) is 5.90 Å². The highest BCUT2D eigenvalue weighted by molar-refractivity contribution is 6.76. The molecule has 0 spiro atoms. The Hall–Kier alpha value is -0.446. The van der Waals surface area contributed by atoms with Crippen LogP contribution < -0.4 is 0 Å². The van der Waals surface area contributed by atoms with Gasteiger partial charge in [0.1, 0.15) is 0 Å². The second kappa shape index (κ2) is 6.12. The third kappa shape index (κ3) is 7.37. The summed E-state index contributed by atoms with van der Waals surface area (Å²) in [5, 5.41) is 0. The molecular formula is C11H22F5NOSi2. The molecule has 0 aliphatic rings. The average Bonchev–Trinajstić information content (AvgIpc) is 2.08. The van der Waals surface area contributed by atoms with Crippen LogP contribution in [0, 0.1) is 0 Å². The van der Waals surface area contributed by atoms with Crippen molar-refractivity contribution in [1.82, 2.24) is 0 Å². The summed E-state index contributed by atoms with van der Waals surface area (Å²) in [4.78, 5) is 0. The van der Waals surface area contributed by atoms with Crippen molar-refractivity contribution in [2.45, 2.75) is 64.2 Å². The van der Waals surface area contributed by atoms with Crippen LogP contribution in [0.4, 0.5) is 22.0 Å². The Morgan fingerprint density at radius 3 is 1.80 bits per heavy atom. The lowest BCUT2D eigenvalue weighted by Gasteiger charge is -2.27. The molecule has 0 fully saturated rings. The van der Waals surface area contributed by atoms with Gasteiger partial charge in [-0.1, -0.05) is 0 Å². The molecule has 0 heterocycles. The fourth-order valence-corrected chi connectivity index (χ4v) is 4.49. The number of rotatable bonds is 5. The van der Waals surface area contributed by atoms with Gasteiger partial charge < -0.3 is 4.43 Å². The van der Waals surface area contributed by atoms with Crippen LogP contribution in [0.3, 0.4) is 0 Å². The van der Waals surface area contributed by atoms with E-state index in [4.69, 9.17) is 4.43 Å². The van der Waals surface area contributed by atoms with Gasteiger partial charge in [-0.05, 0) is 38.8 Å². The van der Waals surface area contributed by atoms with E-state index in [9.17, 15) is 22.0 Å². The van der Waals surface area contributed by atoms with Crippen LogP contribution in [-0.2, 0) is 4.43 Å². The van der Waals surface area contributed by atoms with Gasteiger partial charge >= 0.3 is 12.1 Å². The molecule has 20 heavy (non-hydrogen) atoms. The summed E-state index contributed by atoms with van der Waals surface area (Å²) >= 11 is 0. The van der Waals surface area contributed by atoms with E-state index < -0.39 is 35.1 Å². The first kappa shape index (κ1) is 19.6. The molecule has 0 unspecified atom stereocenters. The maximum atomic E-state index is 12.9. The molecule has 0 aliphatic carbocycles. The largest absolute Gasteiger partial charge is 0.535 e. The molecule has 2 nitrogen and oxygen atoms in total. The minimum atomic E-state index is -5.50. The first-order valence-electron chi connectivity index (χ1n) is 6.26. The number of alkyl halides is 5. The van der Waals surface area contributed by atoms with Gasteiger partial charge in [-0.3, -0.25) is 4.66 Å². The van der Waals surface area contributed by atoms with Crippen molar-refractivity contribution in [3.05, 3.63) is 0 Å². The van der Waals surface area contributed by atoms with Crippen LogP contribution in [0.25, 0.3) is 0 Å². The average molecular weight is 335 g/mol. The first-order chi connectivity index (χ1) is 8.56. The lowest BCUT2D eigenvalue weighted by Crippen LogP contribution is -2.41. The Kier molecular flexibility index (Phi) is 5.99. The quantitative estimate of drug-likeness (QED) is 0.298. The van der Waals surface area contributed by atoms with Crippen molar-refractivity contribution < 1.29 is 26.4 Å². The van der Waals surface area contributed by atoms with Crippen LogP contribution in [0.1, 0.15) is 13.3 Å². The van der Waals surface area contributed by atoms with Crippen molar-refractivity contribution in [3.63, 3.8) is 0 Å². The van der Waals surface area contributed by atoms with E-state index in [2.05, 4.69) is 4.66 Å². The molecule has 9 heteroatoms. The third-order valence-electron chi connectivity index (χ3n) is 2.37. The van der Waals surface area contributed by atoms with Crippen molar-refractivity contribution in [2.75, 3.05) is 0 Å². The normalized spacial score (nSPS) is 15.4. The van der Waals surface area contributed by atoms with Crippen molar-refractivity contribution in [1.29, 1.82) is 0 Å². The van der Waals surface area contributed by atoms with E-state index in [-0.39, 0.29) is 6.04 Å². The first-order valence-corrected chi connectivity index (χ1v) is 12.8. The summed E-state index contributed by atoms with van der Waals surface area (Å²) in [5.74, 6) is -4.28. The fraction of sp³-hybridized carbons (Fsp3) is 0.909. The van der Waals surface area contributed by atoms with Gasteiger partial charge in [0.25, 0.3) is 0 Å². The maximum absolute atomic E-state index is 12.9. The molecule has 0 amide bonds. The summed E-state index contributed by atoms with van der Waals surface area (Å²) in [6, 6.07) is -0.280. The highest BCUT2D eigenvalue weighted by Crippen LogP contribution is 2.40. The highest BCUT2D eigenvalue weighted by Gasteiger charge is 2.57. The minimum absolute atomic E-state index is 0.280. The molecule has 0 aliphatic heterocycles. The van der Waals surface area contributed by atoms with Crippen LogP contribution in [-0.4, -0.2) is 34.5 Å². The van der Waals surface area contributed by atoms with Gasteiger partial charge in [-0.15, -0.1) is 0 Å². The molecular weight excluding hydrogens is 313 g/mol. The standard InChI is InChI=1S/C11H22F5NOSi2/c1-9(17-19(2,3)4)18-20(5,6)8-7-10(12,13)11(14,15)16/h7-8H2,1-6H3. The lowest BCUT2D eigenvalue weighted by atomic mass is 10.2. The van der Waals surface area contributed by atoms with Crippen molar-refractivity contribution in [3.8, 4) is 0 Å². The van der Waals surface area contributed by atoms with E-state index in [1.54, 1.807) is 20.0 Å². The zero-order valence-electron chi connectivity index (χ0n) is 12.7. The van der Waals surface area contributed by atoms with Crippen LogP contribution in [0.5, 0.6) is 0 Å². The summed E-state index contributed by atoms with van der Waals surface area (Å²) in [6.07, 6.45) is -6.74. The van der Waals surface area contributed by atoms with Gasteiger partial charge in [0.05, 0.1) is 0 Å². The number of nitrogens with zero attached hydrogens (tertiary/aromatic N) is 1. The van der Waals surface area contributed by atoms with Crippen LogP contribution >= 0.6 is 0 Å². The Morgan fingerprint density at radius 1 is 1.00 bits per heavy atom. The molecule has 0 atom stereocenters. The number of hydrogen-bond acceptors (Lipinski definition) is 2. The molecule has 120 valence electrons. The Labute approximate surface area is 118 Å². The van der Waals surface area contributed by atoms with Crippen molar-refractivity contribution >= 4 is 22.5 Å². The topological polar surface area (TPSA) is 21.6 Å². The summed E-state index contributed by atoms with van der Waals surface area (Å²) in [6.45, 7) is 10.8. The molecule has 0 rings (SSSR count). The molecule has 0 aromatic carbocycles. The van der Waals surface area contributed by atoms with E-state index in [1.165, 1.54) is 0 Å². The summed E-state index contributed by atoms with van der Waals surface area (Å²) < 4.78 is 72.0. The number of hydrogen-bond donors (Lipinski definition) is 0. The molecule has 0 radical (unpaired) electrons. The second-order valence-electron chi connectivity index (χ2n) is 6.37. The van der Waals surface area contributed by atoms with Crippen molar-refractivity contribution in [2.24, 2.45) is 4.66 Å². The Balaban J connectivity index is 4.67. The lowest BCUT2D eigenvalue weighted by molar-refractivity contribution is -0.282. The highest BCUT2D eigenvalue weighted by atomic mass is 28.4. The van der Waals surface area contributed by atoms with Crippen LogP contribution in [0.15, 0.2) is 4.66 Å². The van der Waals surface area contributed by atoms with Gasteiger partial charge in [0, 0.05) is 13.3 Å². The minimum Gasteiger partial charge on any atom is -0.535 e. The predicted molar refractivity (Wildman–Crippen MR) is 75.4 cm³/mol. The maximum Gasteiger partial charge on any atom is 0.453 e. The molecule has 0 aromatic rings. The van der Waals surface area contributed by atoms with Gasteiger partial charge in [0.2, 0.25) is 8.32 Å². The smallest absolute Gasteiger partial charge is 0.453 e. The molecule has 0 bridgehead atoms. The fourth-order valence-electron chi connectivity index (χ4n) is 1.55. The molecule has 0 saturated heterocycles. The summed E-state index contributed by atoms with van der Waals surface area (Å²) in [7, 11) is -4.40. The monoisotopic (exact) mass is 335 g/mol. The van der Waals surface area contributed by atoms with Gasteiger partial charge in [0.15, 0.2) is 14.1 Å². The van der Waals surface area contributed by atoms with Gasteiger partial charge in [-0.25, -0.2) is 0 Å². The molecule has 0 aromatic heterocycles. The van der Waals surface area contributed by atoms with Gasteiger partial charge in [-0.2, -0.15) is 22.0 Å². The molecule has 0 saturated carbocycles. The van der Waals surface area contributed by atoms with E-state index in [1.807, 2.05) is 19.6 Å². The summed E-state index contributed by atoms with van der Waals surface area (Å²) in [5.41, 5.74) is 0. The SMILES string of the molecule is CC(=N[Si](C)(C)C)O[Si](C)(C)CCC(F)(F)C(F)(F)F. The zero-order chi connectivity index (χ0) is 16.4. The number of halogens is 5. The Bertz CT molecular complexity index is 361. The zero-order valence-corrected chi connectivity index (χ0v) is 14.7. The molecule has 0 N–H and O–H groups in total. The second-order valence-corrected chi connectivity index (χ2v) is 15.2. The van der Waals surface area contributed by atoms with E-state index >= 15 is 0 Å². The Morgan fingerprint density at radius 2 is 1.45 bits per heavy atom. The predicted octanol–water partition coefficient (Wildman–Crippen LogP) is 5.05. The van der Waals surface area contributed by atoms with Crippen LogP contribution in [0.2, 0.25) is 38.8 Å². The van der Waals surface area contributed by atoms with E-state index in [0.717, 1.165) is 0 Å². The third-order valence-corrected chi connectivity index (χ3v) is 5.66.